The van der Waals surface area contributed by atoms with Crippen LogP contribution in [0.25, 0.3) is 22.5 Å². The zero-order valence-corrected chi connectivity index (χ0v) is 16.1. The smallest absolute Gasteiger partial charge is 0.275 e. The predicted molar refractivity (Wildman–Crippen MR) is 108 cm³/mol. The van der Waals surface area contributed by atoms with E-state index in [4.69, 9.17) is 4.74 Å². The summed E-state index contributed by atoms with van der Waals surface area (Å²) >= 11 is 1.37. The van der Waals surface area contributed by atoms with Gasteiger partial charge in [0, 0.05) is 35.9 Å². The highest BCUT2D eigenvalue weighted by Gasteiger charge is 2.16. The molecule has 0 saturated heterocycles. The van der Waals surface area contributed by atoms with Crippen LogP contribution in [0.1, 0.15) is 10.5 Å². The number of anilines is 1. The average molecular weight is 391 g/mol. The Bertz CT molecular complexity index is 1100. The first-order valence-corrected chi connectivity index (χ1v) is 9.38. The summed E-state index contributed by atoms with van der Waals surface area (Å²) in [5.74, 6) is 0.511. The number of aromatic nitrogens is 4. The molecule has 0 aliphatic rings. The van der Waals surface area contributed by atoms with Gasteiger partial charge in [0.25, 0.3) is 5.91 Å². The molecule has 0 spiro atoms. The molecular formula is C20H17N5O2S. The number of hydrogen-bond donors (Lipinski definition) is 1. The van der Waals surface area contributed by atoms with Crippen molar-refractivity contribution in [2.45, 2.75) is 0 Å². The van der Waals surface area contributed by atoms with E-state index in [9.17, 15) is 4.79 Å². The molecule has 0 bridgehead atoms. The van der Waals surface area contributed by atoms with Crippen LogP contribution in [0.4, 0.5) is 5.13 Å². The number of aryl methyl sites for hydroxylation is 1. The Hall–Kier alpha value is -3.52. The van der Waals surface area contributed by atoms with E-state index in [0.29, 0.717) is 16.5 Å². The summed E-state index contributed by atoms with van der Waals surface area (Å²) in [5, 5.41) is 9.72. The molecule has 0 aliphatic heterocycles. The predicted octanol–water partition coefficient (Wildman–Crippen LogP) is 3.87. The van der Waals surface area contributed by atoms with Gasteiger partial charge in [-0.05, 0) is 42.5 Å². The van der Waals surface area contributed by atoms with Gasteiger partial charge in [-0.2, -0.15) is 5.10 Å². The van der Waals surface area contributed by atoms with Gasteiger partial charge in [0.15, 0.2) is 5.13 Å². The summed E-state index contributed by atoms with van der Waals surface area (Å²) in [4.78, 5) is 21.2. The minimum absolute atomic E-state index is 0.259. The monoisotopic (exact) mass is 391 g/mol. The molecule has 1 N–H and O–H groups in total. The number of nitrogens with one attached hydrogen (secondary N) is 1. The molecule has 4 aromatic rings. The first kappa shape index (κ1) is 17.9. The number of benzene rings is 1. The maximum atomic E-state index is 12.7. The molecule has 0 atom stereocenters. The number of methoxy groups -OCH3 is 1. The first-order chi connectivity index (χ1) is 13.6. The topological polar surface area (TPSA) is 81.9 Å². The molecule has 140 valence electrons. The van der Waals surface area contributed by atoms with Crippen LogP contribution in [0.3, 0.4) is 0 Å². The van der Waals surface area contributed by atoms with E-state index < -0.39 is 0 Å². The van der Waals surface area contributed by atoms with Gasteiger partial charge in [0.1, 0.15) is 11.4 Å². The van der Waals surface area contributed by atoms with Crippen molar-refractivity contribution in [2.24, 2.45) is 7.05 Å². The number of pyridine rings is 1. The second-order valence-corrected chi connectivity index (χ2v) is 6.85. The lowest BCUT2D eigenvalue weighted by molar-refractivity contribution is 0.101. The Labute approximate surface area is 165 Å². The second-order valence-electron chi connectivity index (χ2n) is 5.99. The summed E-state index contributed by atoms with van der Waals surface area (Å²) in [6.45, 7) is 0. The lowest BCUT2D eigenvalue weighted by Gasteiger charge is -2.01. The minimum Gasteiger partial charge on any atom is -0.497 e. The number of carbonyl (C=O) groups is 1. The highest BCUT2D eigenvalue weighted by atomic mass is 32.1. The van der Waals surface area contributed by atoms with Gasteiger partial charge >= 0.3 is 0 Å². The van der Waals surface area contributed by atoms with Crippen molar-refractivity contribution >= 4 is 22.4 Å². The van der Waals surface area contributed by atoms with Crippen LogP contribution < -0.4 is 10.1 Å². The number of carbonyl (C=O) groups excluding carboxylic acids is 1. The zero-order chi connectivity index (χ0) is 19.5. The summed E-state index contributed by atoms with van der Waals surface area (Å²) < 4.78 is 6.74. The van der Waals surface area contributed by atoms with Crippen LogP contribution in [-0.4, -0.2) is 32.8 Å². The van der Waals surface area contributed by atoms with Crippen LogP contribution in [0, 0.1) is 0 Å². The summed E-state index contributed by atoms with van der Waals surface area (Å²) in [6, 6.07) is 13.1. The largest absolute Gasteiger partial charge is 0.497 e. The molecule has 3 heterocycles. The van der Waals surface area contributed by atoms with Crippen LogP contribution in [-0.2, 0) is 7.05 Å². The van der Waals surface area contributed by atoms with Gasteiger partial charge in [-0.1, -0.05) is 0 Å². The van der Waals surface area contributed by atoms with Crippen LogP contribution >= 0.6 is 11.3 Å². The van der Waals surface area contributed by atoms with Crippen molar-refractivity contribution < 1.29 is 9.53 Å². The molecule has 1 aromatic carbocycles. The Morgan fingerprint density at radius 1 is 1.07 bits per heavy atom. The molecule has 7 nitrogen and oxygen atoms in total. The molecule has 0 aliphatic carbocycles. The molecule has 4 rings (SSSR count). The van der Waals surface area contributed by atoms with Crippen molar-refractivity contribution in [3.8, 4) is 28.3 Å². The van der Waals surface area contributed by atoms with E-state index in [0.717, 1.165) is 22.6 Å². The Morgan fingerprint density at radius 3 is 2.50 bits per heavy atom. The Balaban J connectivity index is 1.52. The van der Waals surface area contributed by atoms with Crippen LogP contribution in [0.15, 0.2) is 60.2 Å². The molecule has 8 heteroatoms. The molecular weight excluding hydrogens is 374 g/mol. The fourth-order valence-electron chi connectivity index (χ4n) is 2.73. The van der Waals surface area contributed by atoms with Crippen molar-refractivity contribution in [2.75, 3.05) is 12.4 Å². The van der Waals surface area contributed by atoms with Gasteiger partial charge in [0.2, 0.25) is 0 Å². The van der Waals surface area contributed by atoms with Crippen LogP contribution in [0.5, 0.6) is 5.75 Å². The van der Waals surface area contributed by atoms with Gasteiger partial charge in [0.05, 0.1) is 18.5 Å². The second kappa shape index (κ2) is 7.61. The number of amides is 1. The summed E-state index contributed by atoms with van der Waals surface area (Å²) in [7, 11) is 3.36. The van der Waals surface area contributed by atoms with E-state index in [2.05, 4.69) is 20.4 Å². The normalized spacial score (nSPS) is 10.6. The fourth-order valence-corrected chi connectivity index (χ4v) is 3.44. The quantitative estimate of drug-likeness (QED) is 0.558. The maximum Gasteiger partial charge on any atom is 0.275 e. The van der Waals surface area contributed by atoms with E-state index in [1.165, 1.54) is 11.3 Å². The van der Waals surface area contributed by atoms with E-state index in [1.807, 2.05) is 41.8 Å². The van der Waals surface area contributed by atoms with Crippen molar-refractivity contribution in [3.05, 3.63) is 65.9 Å². The zero-order valence-electron chi connectivity index (χ0n) is 15.3. The third kappa shape index (κ3) is 3.63. The fraction of sp³-hybridized carbons (Fsp3) is 0.100. The lowest BCUT2D eigenvalue weighted by atomic mass is 10.1. The van der Waals surface area contributed by atoms with Crippen molar-refractivity contribution in [3.63, 3.8) is 0 Å². The Kier molecular flexibility index (Phi) is 4.86. The van der Waals surface area contributed by atoms with Crippen molar-refractivity contribution in [1.29, 1.82) is 0 Å². The lowest BCUT2D eigenvalue weighted by Crippen LogP contribution is -2.15. The highest BCUT2D eigenvalue weighted by molar-refractivity contribution is 7.14. The van der Waals surface area contributed by atoms with Crippen LogP contribution in [0.2, 0.25) is 0 Å². The van der Waals surface area contributed by atoms with Crippen molar-refractivity contribution in [1.82, 2.24) is 19.7 Å². The molecule has 0 fully saturated rings. The number of thiazole rings is 1. The summed E-state index contributed by atoms with van der Waals surface area (Å²) in [6.07, 6.45) is 3.42. The molecule has 0 unspecified atom stereocenters. The molecule has 0 saturated carbocycles. The number of nitrogens with zero attached hydrogens (tertiary/aromatic N) is 4. The highest BCUT2D eigenvalue weighted by Crippen LogP contribution is 2.26. The van der Waals surface area contributed by atoms with Gasteiger partial charge in [-0.25, -0.2) is 4.98 Å². The van der Waals surface area contributed by atoms with E-state index in [-0.39, 0.29) is 5.91 Å². The van der Waals surface area contributed by atoms with Gasteiger partial charge < -0.3 is 4.74 Å². The molecule has 3 aromatic heterocycles. The number of ether oxygens (including phenoxy) is 1. The molecule has 0 radical (unpaired) electrons. The maximum absolute atomic E-state index is 12.7. The molecule has 28 heavy (non-hydrogen) atoms. The Morgan fingerprint density at radius 2 is 1.79 bits per heavy atom. The van der Waals surface area contributed by atoms with Gasteiger partial charge in [-0.15, -0.1) is 11.3 Å². The molecule has 1 amide bonds. The summed E-state index contributed by atoms with van der Waals surface area (Å²) in [5.41, 5.74) is 3.82. The third-order valence-corrected chi connectivity index (χ3v) is 4.96. The SMILES string of the molecule is COc1ccc(-c2cc(C(=O)Nc3nc(-c4ccncc4)cs3)n(C)n2)cc1. The van der Waals surface area contributed by atoms with E-state index >= 15 is 0 Å². The average Bonchev–Trinajstić information content (AvgIpc) is 3.35. The standard InChI is InChI=1S/C20H17N5O2S/c1-25-18(11-16(24-25)13-3-5-15(27-2)6-4-13)19(26)23-20-22-17(12-28-20)14-7-9-21-10-8-14/h3-12H,1-2H3,(H,22,23,26). The van der Waals surface area contributed by atoms with Gasteiger partial charge in [-0.3, -0.25) is 19.8 Å². The minimum atomic E-state index is -0.259. The first-order valence-electron chi connectivity index (χ1n) is 8.50. The number of rotatable bonds is 5. The number of hydrogen-bond acceptors (Lipinski definition) is 6. The third-order valence-electron chi connectivity index (χ3n) is 4.20. The van der Waals surface area contributed by atoms with E-state index in [1.54, 1.807) is 37.3 Å².